The minimum Gasteiger partial charge on any atom is -0.399 e. The lowest BCUT2D eigenvalue weighted by atomic mass is 10.1. The summed E-state index contributed by atoms with van der Waals surface area (Å²) in [6, 6.07) is 3.51. The molecule has 1 fully saturated rings. The highest BCUT2D eigenvalue weighted by Gasteiger charge is 2.40. The van der Waals surface area contributed by atoms with Crippen molar-refractivity contribution in [3.63, 3.8) is 0 Å². The number of aryl methyl sites for hydroxylation is 1. The Hall–Kier alpha value is -1.98. The van der Waals surface area contributed by atoms with E-state index in [1.165, 1.54) is 0 Å². The van der Waals surface area contributed by atoms with E-state index in [-0.39, 0.29) is 5.82 Å². The molecule has 106 valence electrons. The van der Waals surface area contributed by atoms with Crippen LogP contribution in [0.2, 0.25) is 0 Å². The van der Waals surface area contributed by atoms with Crippen LogP contribution in [0.5, 0.6) is 0 Å². The van der Waals surface area contributed by atoms with Crippen LogP contribution in [-0.4, -0.2) is 20.2 Å². The first-order chi connectivity index (χ1) is 9.61. The molecule has 2 N–H and O–H groups in total. The Morgan fingerprint density at radius 2 is 2.25 bits per heavy atom. The number of rotatable bonds is 4. The Kier molecular flexibility index (Phi) is 3.16. The molecule has 1 aromatic carbocycles. The second-order valence-electron chi connectivity index (χ2n) is 5.50. The lowest BCUT2D eigenvalue weighted by molar-refractivity contribution is 0.546. The van der Waals surface area contributed by atoms with Crippen LogP contribution < -0.4 is 5.73 Å². The van der Waals surface area contributed by atoms with E-state index in [4.69, 9.17) is 5.73 Å². The summed E-state index contributed by atoms with van der Waals surface area (Å²) >= 11 is 0. The van der Waals surface area contributed by atoms with E-state index >= 15 is 0 Å². The maximum absolute atomic E-state index is 14.3. The summed E-state index contributed by atoms with van der Waals surface area (Å²) in [7, 11) is 0. The number of anilines is 1. The minimum absolute atomic E-state index is 0.293. The molecule has 3 rings (SSSR count). The van der Waals surface area contributed by atoms with Crippen molar-refractivity contribution >= 4 is 5.69 Å². The molecule has 0 aliphatic heterocycles. The van der Waals surface area contributed by atoms with Gasteiger partial charge in [-0.05, 0) is 53.8 Å². The quantitative estimate of drug-likeness (QED) is 0.871. The predicted octanol–water partition coefficient (Wildman–Crippen LogP) is 2.73. The van der Waals surface area contributed by atoms with Crippen LogP contribution in [0.25, 0.3) is 11.4 Å². The third-order valence-corrected chi connectivity index (χ3v) is 3.87. The number of nitrogens with zero attached hydrogens (tertiary/aromatic N) is 4. The third-order valence-electron chi connectivity index (χ3n) is 3.87. The van der Waals surface area contributed by atoms with Crippen molar-refractivity contribution in [1.82, 2.24) is 20.2 Å². The van der Waals surface area contributed by atoms with Crippen molar-refractivity contribution in [2.75, 3.05) is 5.73 Å². The van der Waals surface area contributed by atoms with Gasteiger partial charge in [-0.25, -0.2) is 9.07 Å². The molecule has 1 aliphatic carbocycles. The fourth-order valence-corrected chi connectivity index (χ4v) is 2.77. The molecule has 1 heterocycles. The first kappa shape index (κ1) is 13.0. The van der Waals surface area contributed by atoms with Gasteiger partial charge in [0.1, 0.15) is 5.82 Å². The number of tetrazole rings is 1. The number of aromatic nitrogens is 4. The van der Waals surface area contributed by atoms with Crippen LogP contribution in [0.1, 0.15) is 37.8 Å². The molecule has 0 amide bonds. The van der Waals surface area contributed by atoms with E-state index in [0.29, 0.717) is 34.6 Å². The number of halogens is 1. The molecule has 6 heteroatoms. The fourth-order valence-electron chi connectivity index (χ4n) is 2.77. The zero-order valence-corrected chi connectivity index (χ0v) is 11.7. The highest BCUT2D eigenvalue weighted by Crippen LogP contribution is 2.47. The molecule has 20 heavy (non-hydrogen) atoms. The highest BCUT2D eigenvalue weighted by molar-refractivity contribution is 5.63. The van der Waals surface area contributed by atoms with Crippen LogP contribution in [0.15, 0.2) is 12.1 Å². The summed E-state index contributed by atoms with van der Waals surface area (Å²) in [5.41, 5.74) is 7.22. The van der Waals surface area contributed by atoms with Gasteiger partial charge >= 0.3 is 0 Å². The van der Waals surface area contributed by atoms with E-state index in [1.807, 2.05) is 0 Å². The van der Waals surface area contributed by atoms with Crippen LogP contribution in [0.4, 0.5) is 10.1 Å². The molecular weight excluding hydrogens is 257 g/mol. The lowest BCUT2D eigenvalue weighted by Gasteiger charge is -2.08. The van der Waals surface area contributed by atoms with Gasteiger partial charge in [-0.2, -0.15) is 0 Å². The normalized spacial score (nSPS) is 21.1. The Labute approximate surface area is 117 Å². The van der Waals surface area contributed by atoms with Gasteiger partial charge in [0, 0.05) is 5.69 Å². The average molecular weight is 275 g/mol. The fraction of sp³-hybridized carbons (Fsp3) is 0.500. The standard InChI is InChI=1S/C14H18FN5/c1-3-4-9-6-12(9)20-14(17-18-19-20)11-7-10(16)5-8(2)13(11)15/h5,7,9,12H,3-4,6,16H2,1-2H3. The summed E-state index contributed by atoms with van der Waals surface area (Å²) in [5.74, 6) is 0.775. The molecule has 2 unspecified atom stereocenters. The van der Waals surface area contributed by atoms with Gasteiger partial charge in [0.05, 0.1) is 11.6 Å². The summed E-state index contributed by atoms with van der Waals surface area (Å²) in [4.78, 5) is 0. The Morgan fingerprint density at radius 1 is 1.45 bits per heavy atom. The van der Waals surface area contributed by atoms with E-state index in [0.717, 1.165) is 19.3 Å². The molecule has 1 aliphatic rings. The van der Waals surface area contributed by atoms with E-state index in [9.17, 15) is 4.39 Å². The van der Waals surface area contributed by atoms with Gasteiger partial charge in [0.15, 0.2) is 5.82 Å². The van der Waals surface area contributed by atoms with Gasteiger partial charge in [-0.1, -0.05) is 13.3 Å². The number of nitrogen functional groups attached to an aromatic ring is 1. The van der Waals surface area contributed by atoms with Crippen molar-refractivity contribution in [3.8, 4) is 11.4 Å². The van der Waals surface area contributed by atoms with Crippen molar-refractivity contribution in [1.29, 1.82) is 0 Å². The molecule has 0 bridgehead atoms. The maximum Gasteiger partial charge on any atom is 0.185 e. The molecule has 2 aromatic rings. The van der Waals surface area contributed by atoms with Crippen LogP contribution >= 0.6 is 0 Å². The zero-order valence-electron chi connectivity index (χ0n) is 11.7. The highest BCUT2D eigenvalue weighted by atomic mass is 19.1. The van der Waals surface area contributed by atoms with Crippen LogP contribution in [0, 0.1) is 18.7 Å². The van der Waals surface area contributed by atoms with Crippen molar-refractivity contribution in [3.05, 3.63) is 23.5 Å². The molecular formula is C14H18FN5. The Bertz CT molecular complexity index is 636. The molecule has 5 nitrogen and oxygen atoms in total. The smallest absolute Gasteiger partial charge is 0.185 e. The molecule has 2 atom stereocenters. The van der Waals surface area contributed by atoms with Crippen molar-refractivity contribution < 1.29 is 4.39 Å². The minimum atomic E-state index is -0.303. The first-order valence-corrected chi connectivity index (χ1v) is 6.95. The van der Waals surface area contributed by atoms with Crippen LogP contribution in [-0.2, 0) is 0 Å². The summed E-state index contributed by atoms with van der Waals surface area (Å²) in [6.45, 7) is 3.86. The molecule has 1 saturated carbocycles. The predicted molar refractivity (Wildman–Crippen MR) is 74.4 cm³/mol. The summed E-state index contributed by atoms with van der Waals surface area (Å²) in [6.07, 6.45) is 3.36. The summed E-state index contributed by atoms with van der Waals surface area (Å²) in [5, 5.41) is 11.7. The van der Waals surface area contributed by atoms with Gasteiger partial charge in [0.2, 0.25) is 0 Å². The number of benzene rings is 1. The summed E-state index contributed by atoms with van der Waals surface area (Å²) < 4.78 is 16.0. The Morgan fingerprint density at radius 3 is 3.00 bits per heavy atom. The second-order valence-corrected chi connectivity index (χ2v) is 5.50. The molecule has 0 radical (unpaired) electrons. The second kappa shape index (κ2) is 4.85. The Balaban J connectivity index is 1.99. The van der Waals surface area contributed by atoms with E-state index < -0.39 is 0 Å². The lowest BCUT2D eigenvalue weighted by Crippen LogP contribution is -2.04. The molecule has 0 spiro atoms. The van der Waals surface area contributed by atoms with Gasteiger partial charge < -0.3 is 5.73 Å². The average Bonchev–Trinajstić information content (AvgIpc) is 3.00. The van der Waals surface area contributed by atoms with Crippen molar-refractivity contribution in [2.24, 2.45) is 5.92 Å². The maximum atomic E-state index is 14.3. The zero-order chi connectivity index (χ0) is 14.3. The monoisotopic (exact) mass is 275 g/mol. The van der Waals surface area contributed by atoms with E-state index in [1.54, 1.807) is 23.7 Å². The largest absolute Gasteiger partial charge is 0.399 e. The van der Waals surface area contributed by atoms with Gasteiger partial charge in [0.25, 0.3) is 0 Å². The molecule has 0 saturated heterocycles. The van der Waals surface area contributed by atoms with Crippen molar-refractivity contribution in [2.45, 2.75) is 39.2 Å². The number of hydrogen-bond donors (Lipinski definition) is 1. The number of hydrogen-bond acceptors (Lipinski definition) is 4. The molecule has 1 aromatic heterocycles. The van der Waals surface area contributed by atoms with Gasteiger partial charge in [-0.15, -0.1) is 5.10 Å². The topological polar surface area (TPSA) is 69.6 Å². The first-order valence-electron chi connectivity index (χ1n) is 6.95. The van der Waals surface area contributed by atoms with Gasteiger partial charge in [-0.3, -0.25) is 0 Å². The SMILES string of the molecule is CCCC1CC1n1nnnc1-c1cc(N)cc(C)c1F. The van der Waals surface area contributed by atoms with Crippen LogP contribution in [0.3, 0.4) is 0 Å². The van der Waals surface area contributed by atoms with E-state index in [2.05, 4.69) is 22.4 Å². The number of nitrogens with two attached hydrogens (primary N) is 1. The third kappa shape index (κ3) is 2.15.